The highest BCUT2D eigenvalue weighted by Gasteiger charge is 1.93. The van der Waals surface area contributed by atoms with Crippen molar-refractivity contribution in [2.45, 2.75) is 20.8 Å². The second-order valence-corrected chi connectivity index (χ2v) is 2.06. The van der Waals surface area contributed by atoms with E-state index in [0.717, 1.165) is 0 Å². The predicted octanol–water partition coefficient (Wildman–Crippen LogP) is 2.77. The van der Waals surface area contributed by atoms with E-state index in [-0.39, 0.29) is 0 Å². The van der Waals surface area contributed by atoms with E-state index >= 15 is 0 Å². The molecule has 0 bridgehead atoms. The molecule has 0 aromatic heterocycles. The molecule has 0 nitrogen and oxygen atoms in total. The second kappa shape index (κ2) is 3.48. The molecule has 0 aliphatic heterocycles. The zero-order chi connectivity index (χ0) is 6.57. The summed E-state index contributed by atoms with van der Waals surface area (Å²) in [4.78, 5) is 0. The lowest BCUT2D eigenvalue weighted by Crippen LogP contribution is -1.88. The Morgan fingerprint density at radius 3 is 2.25 bits per heavy atom. The van der Waals surface area contributed by atoms with Crippen LogP contribution in [0.4, 0.5) is 0 Å². The zero-order valence-corrected chi connectivity index (χ0v) is 5.94. The van der Waals surface area contributed by atoms with Crippen LogP contribution in [-0.4, -0.2) is 0 Å². The quantitative estimate of drug-likeness (QED) is 0.479. The van der Waals surface area contributed by atoms with Crippen LogP contribution in [0, 0.1) is 5.92 Å². The van der Waals surface area contributed by atoms with Crippen molar-refractivity contribution in [3.63, 3.8) is 0 Å². The van der Waals surface area contributed by atoms with Gasteiger partial charge in [0.2, 0.25) is 0 Å². The largest absolute Gasteiger partial charge is 0.102 e. The minimum Gasteiger partial charge on any atom is -0.102 e. The Morgan fingerprint density at radius 1 is 1.62 bits per heavy atom. The summed E-state index contributed by atoms with van der Waals surface area (Å²) in [5.41, 5.74) is 1.39. The van der Waals surface area contributed by atoms with E-state index in [9.17, 15) is 0 Å². The van der Waals surface area contributed by atoms with E-state index in [2.05, 4.69) is 33.4 Å². The molecule has 0 radical (unpaired) electrons. The molecule has 0 amide bonds. The molecular formula is C8H14. The Morgan fingerprint density at radius 2 is 2.12 bits per heavy atom. The summed E-state index contributed by atoms with van der Waals surface area (Å²) < 4.78 is 0. The van der Waals surface area contributed by atoms with Crippen LogP contribution in [-0.2, 0) is 0 Å². The maximum absolute atomic E-state index is 3.69. The molecule has 1 atom stereocenters. The third-order valence-electron chi connectivity index (χ3n) is 1.53. The van der Waals surface area contributed by atoms with Crippen molar-refractivity contribution in [2.24, 2.45) is 5.92 Å². The molecule has 0 saturated carbocycles. The molecule has 0 aromatic rings. The molecule has 0 aliphatic rings. The first-order valence-electron chi connectivity index (χ1n) is 2.97. The number of hydrogen-bond donors (Lipinski definition) is 0. The lowest BCUT2D eigenvalue weighted by Gasteiger charge is -2.02. The molecule has 0 spiro atoms. The van der Waals surface area contributed by atoms with Crippen LogP contribution in [0.25, 0.3) is 0 Å². The van der Waals surface area contributed by atoms with Crippen LogP contribution in [0.3, 0.4) is 0 Å². The van der Waals surface area contributed by atoms with Crippen molar-refractivity contribution in [2.75, 3.05) is 0 Å². The maximum atomic E-state index is 3.69. The normalized spacial score (nSPS) is 15.6. The number of allylic oxidation sites excluding steroid dienone is 3. The molecule has 1 unspecified atom stereocenters. The summed E-state index contributed by atoms with van der Waals surface area (Å²) in [6.45, 7) is 10.00. The fourth-order valence-electron chi connectivity index (χ4n) is 0.449. The Bertz CT molecular complexity index is 98.6. The summed E-state index contributed by atoms with van der Waals surface area (Å²) in [5, 5.41) is 0. The van der Waals surface area contributed by atoms with Gasteiger partial charge in [0.1, 0.15) is 0 Å². The minimum absolute atomic E-state index is 0.542. The first-order chi connectivity index (χ1) is 3.72. The molecule has 46 valence electrons. The van der Waals surface area contributed by atoms with Crippen LogP contribution in [0.15, 0.2) is 24.3 Å². The molecule has 0 heterocycles. The Kier molecular flexibility index (Phi) is 3.25. The monoisotopic (exact) mass is 110 g/mol. The van der Waals surface area contributed by atoms with Crippen molar-refractivity contribution in [1.29, 1.82) is 0 Å². The molecular weight excluding hydrogens is 96.1 g/mol. The molecule has 0 aliphatic carbocycles. The highest BCUT2D eigenvalue weighted by molar-refractivity contribution is 5.06. The van der Waals surface area contributed by atoms with Crippen molar-refractivity contribution < 1.29 is 0 Å². The van der Waals surface area contributed by atoms with Crippen LogP contribution in [0.5, 0.6) is 0 Å². The van der Waals surface area contributed by atoms with Crippen LogP contribution in [0.1, 0.15) is 20.8 Å². The van der Waals surface area contributed by atoms with Gasteiger partial charge in [-0.3, -0.25) is 0 Å². The van der Waals surface area contributed by atoms with Crippen LogP contribution < -0.4 is 0 Å². The smallest absolute Gasteiger partial charge is 0.00572 e. The SMILES string of the molecule is C=CC(C)C(C)=CC. The van der Waals surface area contributed by atoms with Gasteiger partial charge in [0.25, 0.3) is 0 Å². The van der Waals surface area contributed by atoms with Crippen LogP contribution in [0.2, 0.25) is 0 Å². The second-order valence-electron chi connectivity index (χ2n) is 2.06. The Balaban J connectivity index is 3.81. The van der Waals surface area contributed by atoms with E-state index < -0.39 is 0 Å². The van der Waals surface area contributed by atoms with E-state index in [4.69, 9.17) is 0 Å². The fraction of sp³-hybridized carbons (Fsp3) is 0.500. The molecule has 0 fully saturated rings. The fourth-order valence-corrected chi connectivity index (χ4v) is 0.449. The van der Waals surface area contributed by atoms with E-state index in [1.807, 2.05) is 6.08 Å². The van der Waals surface area contributed by atoms with Gasteiger partial charge in [-0.25, -0.2) is 0 Å². The van der Waals surface area contributed by atoms with E-state index in [0.29, 0.717) is 5.92 Å². The third kappa shape index (κ3) is 1.97. The molecule has 8 heavy (non-hydrogen) atoms. The van der Waals surface area contributed by atoms with Crippen molar-refractivity contribution in [3.05, 3.63) is 24.3 Å². The Labute approximate surface area is 51.9 Å². The topological polar surface area (TPSA) is 0 Å². The van der Waals surface area contributed by atoms with Gasteiger partial charge in [0.05, 0.1) is 0 Å². The lowest BCUT2D eigenvalue weighted by atomic mass is 10.0. The standard InChI is InChI=1S/C8H14/c1-5-7(3)8(4)6-2/h5-7H,1H2,2-4H3. The summed E-state index contributed by atoms with van der Waals surface area (Å²) in [6, 6.07) is 0. The third-order valence-corrected chi connectivity index (χ3v) is 1.53. The molecule has 0 heteroatoms. The summed E-state index contributed by atoms with van der Waals surface area (Å²) in [5.74, 6) is 0.542. The Hall–Kier alpha value is -0.520. The average Bonchev–Trinajstić information content (AvgIpc) is 1.84. The van der Waals surface area contributed by atoms with Gasteiger partial charge < -0.3 is 0 Å². The van der Waals surface area contributed by atoms with Crippen LogP contribution >= 0.6 is 0 Å². The molecule has 0 aromatic carbocycles. The van der Waals surface area contributed by atoms with Gasteiger partial charge in [0.15, 0.2) is 0 Å². The number of rotatable bonds is 2. The highest BCUT2D eigenvalue weighted by Crippen LogP contribution is 2.08. The van der Waals surface area contributed by atoms with Gasteiger partial charge in [-0.05, 0) is 19.8 Å². The first kappa shape index (κ1) is 7.48. The molecule has 0 rings (SSSR count). The van der Waals surface area contributed by atoms with Gasteiger partial charge in [-0.1, -0.05) is 24.6 Å². The summed E-state index contributed by atoms with van der Waals surface area (Å²) >= 11 is 0. The van der Waals surface area contributed by atoms with Crippen molar-refractivity contribution in [1.82, 2.24) is 0 Å². The summed E-state index contributed by atoms with van der Waals surface area (Å²) in [6.07, 6.45) is 4.07. The van der Waals surface area contributed by atoms with E-state index in [1.54, 1.807) is 0 Å². The maximum Gasteiger partial charge on any atom is -0.00572 e. The first-order valence-corrected chi connectivity index (χ1v) is 2.97. The zero-order valence-electron chi connectivity index (χ0n) is 5.94. The molecule has 0 saturated heterocycles. The number of hydrogen-bond acceptors (Lipinski definition) is 0. The highest BCUT2D eigenvalue weighted by atomic mass is 14.0. The molecule has 0 N–H and O–H groups in total. The van der Waals surface area contributed by atoms with Gasteiger partial charge in [-0.2, -0.15) is 0 Å². The minimum atomic E-state index is 0.542. The average molecular weight is 110 g/mol. The summed E-state index contributed by atoms with van der Waals surface area (Å²) in [7, 11) is 0. The predicted molar refractivity (Wildman–Crippen MR) is 38.8 cm³/mol. The van der Waals surface area contributed by atoms with Crippen molar-refractivity contribution in [3.8, 4) is 0 Å². The van der Waals surface area contributed by atoms with E-state index in [1.165, 1.54) is 5.57 Å². The lowest BCUT2D eigenvalue weighted by molar-refractivity contribution is 0.862. The van der Waals surface area contributed by atoms with Gasteiger partial charge in [-0.15, -0.1) is 6.58 Å². The van der Waals surface area contributed by atoms with Gasteiger partial charge in [0, 0.05) is 0 Å². The van der Waals surface area contributed by atoms with Gasteiger partial charge >= 0.3 is 0 Å². The van der Waals surface area contributed by atoms with Crippen molar-refractivity contribution >= 4 is 0 Å².